The Hall–Kier alpha value is -2.94. The highest BCUT2D eigenvalue weighted by molar-refractivity contribution is 7.09. The zero-order valence-electron chi connectivity index (χ0n) is 16.7. The number of hydrogen-bond donors (Lipinski definition) is 1. The SMILES string of the molecule is CCn1c(=O)[nH]c2c(C(=O)N3CCN(c4ccc(C)cc4C)CC3)snc2c1=O. The number of aromatic nitrogens is 3. The van der Waals surface area contributed by atoms with Gasteiger partial charge in [-0.15, -0.1) is 0 Å². The van der Waals surface area contributed by atoms with Gasteiger partial charge in [0.25, 0.3) is 11.5 Å². The van der Waals surface area contributed by atoms with Gasteiger partial charge in [-0.25, -0.2) is 4.79 Å². The van der Waals surface area contributed by atoms with E-state index >= 15 is 0 Å². The van der Waals surface area contributed by atoms with Crippen molar-refractivity contribution in [2.24, 2.45) is 0 Å². The summed E-state index contributed by atoms with van der Waals surface area (Å²) in [5, 5.41) is 0. The van der Waals surface area contributed by atoms with Crippen LogP contribution in [0.4, 0.5) is 5.69 Å². The largest absolute Gasteiger partial charge is 0.368 e. The molecule has 9 heteroatoms. The first-order valence-electron chi connectivity index (χ1n) is 9.64. The molecule has 1 amide bonds. The maximum absolute atomic E-state index is 13.1. The van der Waals surface area contributed by atoms with E-state index in [0.29, 0.717) is 18.0 Å². The van der Waals surface area contributed by atoms with E-state index in [2.05, 4.69) is 46.3 Å². The van der Waals surface area contributed by atoms with Crippen LogP contribution < -0.4 is 16.1 Å². The van der Waals surface area contributed by atoms with Crippen molar-refractivity contribution < 1.29 is 4.79 Å². The maximum Gasteiger partial charge on any atom is 0.328 e. The number of nitrogens with one attached hydrogen (secondary N) is 1. The Bertz CT molecular complexity index is 1200. The number of hydrogen-bond acceptors (Lipinski definition) is 6. The molecule has 1 fully saturated rings. The van der Waals surface area contributed by atoms with Crippen LogP contribution >= 0.6 is 11.5 Å². The fraction of sp³-hybridized carbons (Fsp3) is 0.400. The lowest BCUT2D eigenvalue weighted by Crippen LogP contribution is -2.49. The summed E-state index contributed by atoms with van der Waals surface area (Å²) in [5.41, 5.74) is 3.07. The van der Waals surface area contributed by atoms with Gasteiger partial charge in [0.1, 0.15) is 4.88 Å². The average Bonchev–Trinajstić information content (AvgIpc) is 3.12. The fourth-order valence-corrected chi connectivity index (χ4v) is 4.63. The summed E-state index contributed by atoms with van der Waals surface area (Å²) < 4.78 is 5.23. The van der Waals surface area contributed by atoms with Crippen molar-refractivity contribution in [3.05, 3.63) is 55.0 Å². The van der Waals surface area contributed by atoms with Crippen LogP contribution in [0.3, 0.4) is 0 Å². The Morgan fingerprint density at radius 3 is 2.55 bits per heavy atom. The summed E-state index contributed by atoms with van der Waals surface area (Å²) in [6.07, 6.45) is 0. The molecular formula is C20H23N5O3S. The van der Waals surface area contributed by atoms with Crippen LogP contribution in [0.1, 0.15) is 27.7 Å². The van der Waals surface area contributed by atoms with Crippen molar-refractivity contribution in [3.8, 4) is 0 Å². The first kappa shape index (κ1) is 19.4. The lowest BCUT2D eigenvalue weighted by Gasteiger charge is -2.36. The van der Waals surface area contributed by atoms with Crippen molar-refractivity contribution in [3.63, 3.8) is 0 Å². The molecule has 1 saturated heterocycles. The number of aryl methyl sites for hydroxylation is 2. The van der Waals surface area contributed by atoms with Crippen molar-refractivity contribution in [1.29, 1.82) is 0 Å². The number of anilines is 1. The molecule has 3 aromatic rings. The molecule has 4 rings (SSSR count). The minimum atomic E-state index is -0.515. The molecule has 0 aliphatic carbocycles. The number of amides is 1. The normalized spacial score (nSPS) is 14.6. The summed E-state index contributed by atoms with van der Waals surface area (Å²) in [7, 11) is 0. The van der Waals surface area contributed by atoms with Gasteiger partial charge in [-0.3, -0.25) is 14.2 Å². The van der Waals surface area contributed by atoms with Crippen LogP contribution in [-0.2, 0) is 6.54 Å². The third-order valence-electron chi connectivity index (χ3n) is 5.39. The number of carbonyl (C=O) groups is 1. The fourth-order valence-electron chi connectivity index (χ4n) is 3.83. The standard InChI is InChI=1S/C20H23N5O3S/c1-4-25-18(26)16-15(21-20(25)28)17(29-22-16)19(27)24-9-7-23(8-10-24)14-6-5-12(2)11-13(14)3/h5-6,11H,4,7-10H2,1-3H3,(H,21,28). The van der Waals surface area contributed by atoms with Gasteiger partial charge in [0.2, 0.25) is 0 Å². The monoisotopic (exact) mass is 413 g/mol. The molecule has 0 radical (unpaired) electrons. The predicted octanol–water partition coefficient (Wildman–Crippen LogP) is 1.75. The predicted molar refractivity (Wildman–Crippen MR) is 114 cm³/mol. The Labute approximate surface area is 171 Å². The van der Waals surface area contributed by atoms with Crippen molar-refractivity contribution in [2.75, 3.05) is 31.1 Å². The first-order chi connectivity index (χ1) is 13.9. The molecule has 29 heavy (non-hydrogen) atoms. The molecule has 2 aromatic heterocycles. The van der Waals surface area contributed by atoms with E-state index < -0.39 is 11.2 Å². The second kappa shape index (κ2) is 7.47. The van der Waals surface area contributed by atoms with Gasteiger partial charge >= 0.3 is 5.69 Å². The van der Waals surface area contributed by atoms with Crippen LogP contribution in [0.25, 0.3) is 11.0 Å². The van der Waals surface area contributed by atoms with E-state index in [1.807, 2.05) is 0 Å². The first-order valence-corrected chi connectivity index (χ1v) is 10.4. The number of nitrogens with zero attached hydrogens (tertiary/aromatic N) is 4. The van der Waals surface area contributed by atoms with Crippen LogP contribution in [0.15, 0.2) is 27.8 Å². The number of piperazine rings is 1. The third-order valence-corrected chi connectivity index (χ3v) is 6.22. The Morgan fingerprint density at radius 1 is 1.17 bits per heavy atom. The van der Waals surface area contributed by atoms with Gasteiger partial charge in [-0.2, -0.15) is 4.37 Å². The van der Waals surface area contributed by atoms with Crippen LogP contribution in [0.2, 0.25) is 0 Å². The summed E-state index contributed by atoms with van der Waals surface area (Å²) in [4.78, 5) is 44.6. The van der Waals surface area contributed by atoms with Crippen LogP contribution in [0.5, 0.6) is 0 Å². The van der Waals surface area contributed by atoms with Crippen molar-refractivity contribution in [2.45, 2.75) is 27.3 Å². The number of rotatable bonds is 3. The lowest BCUT2D eigenvalue weighted by atomic mass is 10.1. The summed E-state index contributed by atoms with van der Waals surface area (Å²) in [6.45, 7) is 8.75. The zero-order chi connectivity index (χ0) is 20.7. The lowest BCUT2D eigenvalue weighted by molar-refractivity contribution is 0.0753. The molecule has 1 N–H and O–H groups in total. The average molecular weight is 414 g/mol. The molecule has 0 saturated carbocycles. The Morgan fingerprint density at radius 2 is 1.90 bits per heavy atom. The van der Waals surface area contributed by atoms with Gasteiger partial charge in [0.05, 0.1) is 5.52 Å². The highest BCUT2D eigenvalue weighted by Crippen LogP contribution is 2.24. The highest BCUT2D eigenvalue weighted by Gasteiger charge is 2.27. The quantitative estimate of drug-likeness (QED) is 0.706. The molecule has 3 heterocycles. The smallest absolute Gasteiger partial charge is 0.328 e. The Balaban J connectivity index is 1.56. The molecule has 0 atom stereocenters. The molecular weight excluding hydrogens is 390 g/mol. The van der Waals surface area contributed by atoms with Crippen molar-refractivity contribution in [1.82, 2.24) is 18.8 Å². The van der Waals surface area contributed by atoms with Gasteiger partial charge in [-0.1, -0.05) is 17.7 Å². The second-order valence-corrected chi connectivity index (χ2v) is 8.06. The molecule has 0 unspecified atom stereocenters. The number of benzene rings is 1. The molecule has 1 aromatic carbocycles. The topological polar surface area (TPSA) is 91.3 Å². The molecule has 1 aliphatic rings. The van der Waals surface area contributed by atoms with E-state index in [0.717, 1.165) is 29.2 Å². The molecule has 152 valence electrons. The Kier molecular flexibility index (Phi) is 4.99. The summed E-state index contributed by atoms with van der Waals surface area (Å²) in [6, 6.07) is 6.39. The molecule has 8 nitrogen and oxygen atoms in total. The molecule has 1 aliphatic heterocycles. The maximum atomic E-state index is 13.1. The second-order valence-electron chi connectivity index (χ2n) is 7.28. The molecule has 0 spiro atoms. The summed E-state index contributed by atoms with van der Waals surface area (Å²) >= 11 is 0.970. The highest BCUT2D eigenvalue weighted by atomic mass is 32.1. The van der Waals surface area contributed by atoms with Crippen LogP contribution in [0, 0.1) is 13.8 Å². The zero-order valence-corrected chi connectivity index (χ0v) is 17.5. The van der Waals surface area contributed by atoms with Gasteiger partial charge in [0.15, 0.2) is 5.52 Å². The van der Waals surface area contributed by atoms with Gasteiger partial charge < -0.3 is 14.8 Å². The van der Waals surface area contributed by atoms with Gasteiger partial charge in [-0.05, 0) is 43.9 Å². The van der Waals surface area contributed by atoms with E-state index in [1.54, 1.807) is 11.8 Å². The van der Waals surface area contributed by atoms with E-state index in [9.17, 15) is 14.4 Å². The third kappa shape index (κ3) is 3.35. The minimum absolute atomic E-state index is 0.147. The van der Waals surface area contributed by atoms with E-state index in [-0.39, 0.29) is 23.5 Å². The number of fused-ring (bicyclic) bond motifs is 1. The molecule has 0 bridgehead atoms. The number of aromatic amines is 1. The van der Waals surface area contributed by atoms with Crippen LogP contribution in [-0.4, -0.2) is 50.9 Å². The number of carbonyl (C=O) groups excluding carboxylic acids is 1. The van der Waals surface area contributed by atoms with E-state index in [1.165, 1.54) is 16.8 Å². The van der Waals surface area contributed by atoms with Crippen molar-refractivity contribution >= 4 is 34.2 Å². The minimum Gasteiger partial charge on any atom is -0.368 e. The summed E-state index contributed by atoms with van der Waals surface area (Å²) in [5.74, 6) is -0.193. The van der Waals surface area contributed by atoms with E-state index in [4.69, 9.17) is 0 Å². The number of H-pyrrole nitrogens is 1. The van der Waals surface area contributed by atoms with Gasteiger partial charge in [0, 0.05) is 38.4 Å².